The van der Waals surface area contributed by atoms with Crippen LogP contribution in [0.15, 0.2) is 11.4 Å². The smallest absolute Gasteiger partial charge is 0.137 e. The van der Waals surface area contributed by atoms with Gasteiger partial charge in [0, 0.05) is 11.8 Å². The van der Waals surface area contributed by atoms with Crippen molar-refractivity contribution in [2.45, 2.75) is 0 Å². The normalized spacial score (nSPS) is 9.43. The minimum Gasteiger partial charge on any atom is -0.206 e. The summed E-state index contributed by atoms with van der Waals surface area (Å²) in [6, 6.07) is 1.35. The van der Waals surface area contributed by atoms with Gasteiger partial charge in [-0.2, -0.15) is 0 Å². The average molecular weight is 114 g/mol. The first-order chi connectivity index (χ1) is 3.30. The third-order valence-corrected chi connectivity index (χ3v) is 1.37. The highest BCUT2D eigenvalue weighted by Gasteiger charge is 1.92. The van der Waals surface area contributed by atoms with Crippen LogP contribution in [0.5, 0.6) is 0 Å². The highest BCUT2D eigenvalue weighted by molar-refractivity contribution is 7.10. The van der Waals surface area contributed by atoms with Crippen LogP contribution in [0.1, 0.15) is 4.88 Å². The summed E-state index contributed by atoms with van der Waals surface area (Å²) in [5.41, 5.74) is 0. The Kier molecular flexibility index (Phi) is 1.11. The molecule has 2 heteroatoms. The van der Waals surface area contributed by atoms with E-state index in [1.165, 1.54) is 17.4 Å². The Morgan fingerprint density at radius 3 is 2.57 bits per heavy atom. The molecule has 0 aliphatic heterocycles. The molecule has 0 bridgehead atoms. The Morgan fingerprint density at radius 1 is 1.71 bits per heavy atom. The van der Waals surface area contributed by atoms with Crippen LogP contribution in [0.4, 0.5) is 4.39 Å². The molecule has 0 spiro atoms. The van der Waals surface area contributed by atoms with Crippen molar-refractivity contribution in [3.05, 3.63) is 29.1 Å². The van der Waals surface area contributed by atoms with Crippen molar-refractivity contribution in [3.63, 3.8) is 0 Å². The van der Waals surface area contributed by atoms with E-state index in [-0.39, 0.29) is 10.7 Å². The van der Waals surface area contributed by atoms with Gasteiger partial charge < -0.3 is 0 Å². The molecule has 0 saturated heterocycles. The standard InChI is InChI=1S/C5H3FS/c1-4-5(6)2-3-7-4/h1-3H. The molecule has 0 N–H and O–H groups in total. The van der Waals surface area contributed by atoms with E-state index in [0.29, 0.717) is 0 Å². The van der Waals surface area contributed by atoms with Crippen molar-refractivity contribution in [2.75, 3.05) is 0 Å². The van der Waals surface area contributed by atoms with Crippen LogP contribution in [-0.4, -0.2) is 0 Å². The van der Waals surface area contributed by atoms with Gasteiger partial charge in [-0.3, -0.25) is 0 Å². The Morgan fingerprint density at radius 2 is 2.43 bits per heavy atom. The van der Waals surface area contributed by atoms with Gasteiger partial charge in [0.1, 0.15) is 5.82 Å². The van der Waals surface area contributed by atoms with Crippen molar-refractivity contribution in [1.29, 1.82) is 0 Å². The molecule has 36 valence electrons. The third kappa shape index (κ3) is 0.800. The number of hydrogen-bond acceptors (Lipinski definition) is 1. The molecule has 0 nitrogen and oxygen atoms in total. The lowest BCUT2D eigenvalue weighted by Gasteiger charge is -1.74. The van der Waals surface area contributed by atoms with Crippen LogP contribution in [0.2, 0.25) is 0 Å². The molecule has 1 heterocycles. The summed E-state index contributed by atoms with van der Waals surface area (Å²) in [6.45, 7) is 5.08. The second-order valence-corrected chi connectivity index (χ2v) is 2.08. The van der Waals surface area contributed by atoms with Gasteiger partial charge in [0.2, 0.25) is 0 Å². The van der Waals surface area contributed by atoms with Crippen LogP contribution in [-0.2, 0) is 0 Å². The predicted molar refractivity (Wildman–Crippen MR) is 27.7 cm³/mol. The molecule has 0 aliphatic rings. The zero-order valence-corrected chi connectivity index (χ0v) is 4.33. The molecular weight excluding hydrogens is 111 g/mol. The Bertz CT molecular complexity index is 140. The van der Waals surface area contributed by atoms with E-state index in [0.717, 1.165) is 0 Å². The van der Waals surface area contributed by atoms with Crippen molar-refractivity contribution in [2.24, 2.45) is 0 Å². The maximum atomic E-state index is 12.0. The molecule has 0 saturated carbocycles. The summed E-state index contributed by atoms with van der Waals surface area (Å²) in [7, 11) is 0. The van der Waals surface area contributed by atoms with Gasteiger partial charge in [-0.15, -0.1) is 11.3 Å². The van der Waals surface area contributed by atoms with Gasteiger partial charge in [-0.25, -0.2) is 4.39 Å². The summed E-state index contributed by atoms with van der Waals surface area (Å²) in [5.74, 6) is -0.315. The first-order valence-corrected chi connectivity index (χ1v) is 2.67. The Labute approximate surface area is 45.6 Å². The number of halogens is 1. The SMILES string of the molecule is [CH]c1sccc1F. The lowest BCUT2D eigenvalue weighted by Crippen LogP contribution is -1.63. The number of thiophene rings is 1. The van der Waals surface area contributed by atoms with E-state index in [4.69, 9.17) is 6.92 Å². The van der Waals surface area contributed by atoms with E-state index in [1.54, 1.807) is 5.38 Å². The summed E-state index contributed by atoms with van der Waals surface area (Å²) >= 11 is 1.21. The molecule has 0 fully saturated rings. The van der Waals surface area contributed by atoms with Crippen molar-refractivity contribution in [3.8, 4) is 0 Å². The molecule has 0 aliphatic carbocycles. The van der Waals surface area contributed by atoms with Crippen LogP contribution < -0.4 is 0 Å². The fourth-order valence-corrected chi connectivity index (χ4v) is 0.820. The molecule has 0 amide bonds. The molecular formula is C5H3FS. The monoisotopic (exact) mass is 114 g/mol. The molecule has 1 rings (SSSR count). The second-order valence-electron chi connectivity index (χ2n) is 1.13. The summed E-state index contributed by atoms with van der Waals surface area (Å²) in [4.78, 5) is 0.264. The van der Waals surface area contributed by atoms with Crippen molar-refractivity contribution >= 4 is 11.3 Å². The van der Waals surface area contributed by atoms with Crippen LogP contribution in [0.3, 0.4) is 0 Å². The Balaban J connectivity index is 3.12. The largest absolute Gasteiger partial charge is 0.206 e. The average Bonchev–Trinajstić information content (AvgIpc) is 1.91. The van der Waals surface area contributed by atoms with E-state index in [9.17, 15) is 4.39 Å². The zero-order valence-electron chi connectivity index (χ0n) is 3.52. The molecule has 2 radical (unpaired) electrons. The topological polar surface area (TPSA) is 0 Å². The van der Waals surface area contributed by atoms with Gasteiger partial charge in [0.25, 0.3) is 0 Å². The fraction of sp³-hybridized carbons (Fsp3) is 0. The Hall–Kier alpha value is -0.370. The van der Waals surface area contributed by atoms with E-state index in [2.05, 4.69) is 0 Å². The molecule has 1 aromatic rings. The molecule has 0 unspecified atom stereocenters. The summed E-state index contributed by atoms with van der Waals surface area (Å²) < 4.78 is 12.0. The summed E-state index contributed by atoms with van der Waals surface area (Å²) in [6.07, 6.45) is 0. The number of hydrogen-bond donors (Lipinski definition) is 0. The van der Waals surface area contributed by atoms with Crippen molar-refractivity contribution in [1.82, 2.24) is 0 Å². The van der Waals surface area contributed by atoms with Crippen LogP contribution >= 0.6 is 11.3 Å². The first kappa shape index (κ1) is 4.78. The van der Waals surface area contributed by atoms with Crippen molar-refractivity contribution < 1.29 is 4.39 Å². The zero-order chi connectivity index (χ0) is 5.28. The highest BCUT2D eigenvalue weighted by Crippen LogP contribution is 2.11. The van der Waals surface area contributed by atoms with E-state index in [1.807, 2.05) is 0 Å². The lowest BCUT2D eigenvalue weighted by atomic mass is 10.5. The van der Waals surface area contributed by atoms with Gasteiger partial charge in [0.15, 0.2) is 0 Å². The highest BCUT2D eigenvalue weighted by atomic mass is 32.1. The van der Waals surface area contributed by atoms with Crippen LogP contribution in [0.25, 0.3) is 0 Å². The van der Waals surface area contributed by atoms with Gasteiger partial charge >= 0.3 is 0 Å². The maximum absolute atomic E-state index is 12.0. The minimum atomic E-state index is -0.315. The minimum absolute atomic E-state index is 0.264. The molecule has 1 aromatic heterocycles. The second kappa shape index (κ2) is 1.62. The van der Waals surface area contributed by atoms with Gasteiger partial charge in [-0.05, 0) is 11.4 Å². The molecule has 0 aromatic carbocycles. The summed E-state index contributed by atoms with van der Waals surface area (Å²) in [5, 5.41) is 1.62. The third-order valence-electron chi connectivity index (χ3n) is 0.645. The van der Waals surface area contributed by atoms with Gasteiger partial charge in [-0.1, -0.05) is 0 Å². The maximum Gasteiger partial charge on any atom is 0.137 e. The van der Waals surface area contributed by atoms with E-state index < -0.39 is 0 Å². The fourth-order valence-electron chi connectivity index (χ4n) is 0.305. The quantitative estimate of drug-likeness (QED) is 0.483. The molecule has 7 heavy (non-hydrogen) atoms. The lowest BCUT2D eigenvalue weighted by molar-refractivity contribution is 0.629. The van der Waals surface area contributed by atoms with Gasteiger partial charge in [0.05, 0.1) is 0 Å². The number of rotatable bonds is 0. The molecule has 0 atom stereocenters. The van der Waals surface area contributed by atoms with E-state index >= 15 is 0 Å². The first-order valence-electron chi connectivity index (χ1n) is 1.79. The van der Waals surface area contributed by atoms with Crippen LogP contribution in [0, 0.1) is 12.7 Å². The predicted octanol–water partition coefficient (Wildman–Crippen LogP) is 1.95.